The zero-order valence-electron chi connectivity index (χ0n) is 10.2. The van der Waals surface area contributed by atoms with Crippen molar-refractivity contribution in [3.05, 3.63) is 69.2 Å². The van der Waals surface area contributed by atoms with Crippen molar-refractivity contribution in [3.8, 4) is 0 Å². The number of hydrogen-bond acceptors (Lipinski definition) is 3. The quantitative estimate of drug-likeness (QED) is 0.610. The monoisotopic (exact) mass is 330 g/mol. The third kappa shape index (κ3) is 3.56. The van der Waals surface area contributed by atoms with Crippen molar-refractivity contribution in [3.63, 3.8) is 0 Å². The molecular formula is C14H6Cl2F2O3. The molecule has 7 heteroatoms. The molecule has 0 heterocycles. The van der Waals surface area contributed by atoms with Crippen LogP contribution in [0.1, 0.15) is 20.7 Å². The Labute approximate surface area is 128 Å². The largest absolute Gasteiger partial charge is 0.386 e. The predicted molar refractivity (Wildman–Crippen MR) is 72.6 cm³/mol. The fourth-order valence-electron chi connectivity index (χ4n) is 1.48. The number of carbonyl (C=O) groups excluding carboxylic acids is 2. The summed E-state index contributed by atoms with van der Waals surface area (Å²) >= 11 is 11.2. The van der Waals surface area contributed by atoms with Gasteiger partial charge in [0.05, 0.1) is 21.2 Å². The van der Waals surface area contributed by atoms with Crippen LogP contribution in [0.25, 0.3) is 0 Å². The topological polar surface area (TPSA) is 43.4 Å². The molecule has 0 aliphatic rings. The fourth-order valence-corrected chi connectivity index (χ4v) is 1.90. The van der Waals surface area contributed by atoms with Crippen molar-refractivity contribution in [1.82, 2.24) is 0 Å². The van der Waals surface area contributed by atoms with E-state index in [9.17, 15) is 18.4 Å². The molecule has 0 atom stereocenters. The third-order valence-electron chi connectivity index (χ3n) is 2.49. The Morgan fingerprint density at radius 2 is 1.62 bits per heavy atom. The van der Waals surface area contributed by atoms with E-state index in [-0.39, 0.29) is 21.2 Å². The zero-order chi connectivity index (χ0) is 15.6. The van der Waals surface area contributed by atoms with Gasteiger partial charge in [0.25, 0.3) is 0 Å². The molecule has 0 aromatic heterocycles. The van der Waals surface area contributed by atoms with Crippen molar-refractivity contribution in [2.24, 2.45) is 0 Å². The molecule has 0 saturated carbocycles. The minimum Gasteiger partial charge on any atom is -0.386 e. The Bertz CT molecular complexity index is 732. The highest BCUT2D eigenvalue weighted by molar-refractivity contribution is 6.34. The summed E-state index contributed by atoms with van der Waals surface area (Å²) in [5.74, 6) is -3.41. The number of ether oxygens (including phenoxy) is 1. The number of carbonyl (C=O) groups is 2. The van der Waals surface area contributed by atoms with Gasteiger partial charge in [-0.3, -0.25) is 0 Å². The smallest absolute Gasteiger partial charge is 0.347 e. The average Bonchev–Trinajstić information content (AvgIpc) is 2.41. The van der Waals surface area contributed by atoms with Crippen molar-refractivity contribution < 1.29 is 23.1 Å². The lowest BCUT2D eigenvalue weighted by molar-refractivity contribution is 0.0398. The van der Waals surface area contributed by atoms with E-state index in [1.807, 2.05) is 0 Å². The highest BCUT2D eigenvalue weighted by Gasteiger charge is 2.18. The van der Waals surface area contributed by atoms with Gasteiger partial charge in [-0.1, -0.05) is 23.2 Å². The van der Waals surface area contributed by atoms with Gasteiger partial charge >= 0.3 is 11.9 Å². The summed E-state index contributed by atoms with van der Waals surface area (Å²) in [5.41, 5.74) is -0.271. The number of halogens is 4. The normalized spacial score (nSPS) is 10.3. The molecule has 0 fully saturated rings. The summed E-state index contributed by atoms with van der Waals surface area (Å²) in [6, 6.07) is 6.11. The lowest BCUT2D eigenvalue weighted by Gasteiger charge is -2.05. The Balaban J connectivity index is 2.18. The van der Waals surface area contributed by atoms with Crippen LogP contribution in [0, 0.1) is 11.6 Å². The first-order valence-corrected chi connectivity index (χ1v) is 6.30. The summed E-state index contributed by atoms with van der Waals surface area (Å²) in [4.78, 5) is 23.5. The van der Waals surface area contributed by atoms with E-state index >= 15 is 0 Å². The Hall–Kier alpha value is -1.98. The van der Waals surface area contributed by atoms with Gasteiger partial charge < -0.3 is 4.74 Å². The van der Waals surface area contributed by atoms with Gasteiger partial charge in [0.1, 0.15) is 11.6 Å². The van der Waals surface area contributed by atoms with Gasteiger partial charge in [0.15, 0.2) is 0 Å². The lowest BCUT2D eigenvalue weighted by atomic mass is 10.2. The Kier molecular flexibility index (Phi) is 4.55. The molecule has 2 aromatic rings. The van der Waals surface area contributed by atoms with Crippen LogP contribution in [-0.2, 0) is 4.74 Å². The zero-order valence-corrected chi connectivity index (χ0v) is 11.7. The van der Waals surface area contributed by atoms with E-state index in [1.54, 1.807) is 0 Å². The summed E-state index contributed by atoms with van der Waals surface area (Å²) in [7, 11) is 0. The summed E-state index contributed by atoms with van der Waals surface area (Å²) in [6.45, 7) is 0. The minimum atomic E-state index is -1.05. The predicted octanol–water partition coefficient (Wildman–Crippen LogP) is 4.27. The number of benzene rings is 2. The van der Waals surface area contributed by atoms with Crippen LogP contribution in [0.4, 0.5) is 8.78 Å². The molecule has 2 rings (SSSR count). The highest BCUT2D eigenvalue weighted by Crippen LogP contribution is 2.20. The van der Waals surface area contributed by atoms with Gasteiger partial charge in [0, 0.05) is 0 Å². The molecule has 108 valence electrons. The second-order valence-electron chi connectivity index (χ2n) is 3.93. The molecule has 0 aliphatic heterocycles. The molecule has 21 heavy (non-hydrogen) atoms. The molecule has 0 amide bonds. The van der Waals surface area contributed by atoms with Gasteiger partial charge in [-0.25, -0.2) is 18.4 Å². The summed E-state index contributed by atoms with van der Waals surface area (Å²) in [6.07, 6.45) is 0. The summed E-state index contributed by atoms with van der Waals surface area (Å²) in [5, 5.41) is -0.471. The molecule has 0 bridgehead atoms. The van der Waals surface area contributed by atoms with E-state index in [0.717, 1.165) is 36.4 Å². The fraction of sp³-hybridized carbons (Fsp3) is 0. The maximum atomic E-state index is 13.0. The minimum absolute atomic E-state index is 0.104. The molecule has 3 nitrogen and oxygen atoms in total. The van der Waals surface area contributed by atoms with Gasteiger partial charge in [0.2, 0.25) is 0 Å². The molecule has 0 radical (unpaired) electrons. The molecule has 0 spiro atoms. The third-order valence-corrected chi connectivity index (χ3v) is 3.09. The maximum Gasteiger partial charge on any atom is 0.347 e. The molecule has 0 N–H and O–H groups in total. The first kappa shape index (κ1) is 15.4. The Morgan fingerprint density at radius 3 is 2.24 bits per heavy atom. The second kappa shape index (κ2) is 6.20. The van der Waals surface area contributed by atoms with E-state index < -0.39 is 23.6 Å². The first-order valence-electron chi connectivity index (χ1n) is 5.55. The molecular weight excluding hydrogens is 325 g/mol. The number of rotatable bonds is 2. The summed E-state index contributed by atoms with van der Waals surface area (Å²) < 4.78 is 30.4. The van der Waals surface area contributed by atoms with Crippen LogP contribution in [-0.4, -0.2) is 11.9 Å². The maximum absolute atomic E-state index is 13.0. The SMILES string of the molecule is O=C(OC(=O)c1ccc(F)cc1Cl)c1ccc(F)c(Cl)c1. The number of hydrogen-bond donors (Lipinski definition) is 0. The van der Waals surface area contributed by atoms with Crippen molar-refractivity contribution >= 4 is 35.1 Å². The van der Waals surface area contributed by atoms with E-state index in [4.69, 9.17) is 23.2 Å². The number of esters is 2. The van der Waals surface area contributed by atoms with Crippen molar-refractivity contribution in [2.45, 2.75) is 0 Å². The van der Waals surface area contributed by atoms with Crippen molar-refractivity contribution in [1.29, 1.82) is 0 Å². The molecule has 0 saturated heterocycles. The van der Waals surface area contributed by atoms with E-state index in [0.29, 0.717) is 0 Å². The van der Waals surface area contributed by atoms with Crippen LogP contribution < -0.4 is 0 Å². The van der Waals surface area contributed by atoms with Crippen LogP contribution in [0.15, 0.2) is 36.4 Å². The van der Waals surface area contributed by atoms with E-state index in [2.05, 4.69) is 4.74 Å². The Morgan fingerprint density at radius 1 is 0.905 bits per heavy atom. The lowest BCUT2D eigenvalue weighted by Crippen LogP contribution is -2.13. The van der Waals surface area contributed by atoms with Crippen LogP contribution in [0.2, 0.25) is 10.0 Å². The van der Waals surface area contributed by atoms with Crippen LogP contribution in [0.3, 0.4) is 0 Å². The van der Waals surface area contributed by atoms with Crippen molar-refractivity contribution in [2.75, 3.05) is 0 Å². The second-order valence-corrected chi connectivity index (χ2v) is 4.74. The first-order chi connectivity index (χ1) is 9.88. The van der Waals surface area contributed by atoms with Gasteiger partial charge in [-0.15, -0.1) is 0 Å². The van der Waals surface area contributed by atoms with E-state index in [1.165, 1.54) is 0 Å². The highest BCUT2D eigenvalue weighted by atomic mass is 35.5. The molecule has 0 aliphatic carbocycles. The van der Waals surface area contributed by atoms with Gasteiger partial charge in [-0.2, -0.15) is 0 Å². The molecule has 0 unspecified atom stereocenters. The average molecular weight is 331 g/mol. The van der Waals surface area contributed by atoms with Crippen LogP contribution >= 0.6 is 23.2 Å². The standard InChI is InChI=1S/C14H6Cl2F2O3/c15-10-6-8(17)2-3-9(10)14(20)21-13(19)7-1-4-12(18)11(16)5-7/h1-6H. The van der Waals surface area contributed by atoms with Gasteiger partial charge in [-0.05, 0) is 36.4 Å². The molecule has 2 aromatic carbocycles. The van der Waals surface area contributed by atoms with Crippen LogP contribution in [0.5, 0.6) is 0 Å².